The van der Waals surface area contributed by atoms with Gasteiger partial charge in [-0.15, -0.1) is 11.3 Å². The van der Waals surface area contributed by atoms with E-state index in [0.717, 1.165) is 22.0 Å². The Morgan fingerprint density at radius 1 is 1.19 bits per heavy atom. The fourth-order valence-electron chi connectivity index (χ4n) is 2.95. The van der Waals surface area contributed by atoms with Crippen molar-refractivity contribution in [3.8, 4) is 22.0 Å². The number of hydrogen-bond donors (Lipinski definition) is 0. The van der Waals surface area contributed by atoms with Gasteiger partial charge in [-0.25, -0.2) is 4.98 Å². The van der Waals surface area contributed by atoms with Gasteiger partial charge in [-0.05, 0) is 24.3 Å². The van der Waals surface area contributed by atoms with Gasteiger partial charge in [0, 0.05) is 35.3 Å². The Labute approximate surface area is 160 Å². The van der Waals surface area contributed by atoms with Crippen LogP contribution < -0.4 is 0 Å². The Hall–Kier alpha value is -2.15. The average Bonchev–Trinajstić information content (AvgIpc) is 3.32. The lowest BCUT2D eigenvalue weighted by Crippen LogP contribution is -2.42. The fraction of sp³-hybridized carbons (Fsp3) is 0.263. The Balaban J connectivity index is 1.53. The maximum atomic E-state index is 12.5. The van der Waals surface area contributed by atoms with Gasteiger partial charge in [0.15, 0.2) is 0 Å². The SMILES string of the molecule is O=C(Cn1cccc1-c1nc(-c2ccc(Cl)cc2)cs1)N1CCOCC1. The second kappa shape index (κ2) is 7.61. The summed E-state index contributed by atoms with van der Waals surface area (Å²) in [5.41, 5.74) is 2.89. The molecule has 3 aromatic rings. The van der Waals surface area contributed by atoms with Gasteiger partial charge in [0.05, 0.1) is 24.6 Å². The van der Waals surface area contributed by atoms with Gasteiger partial charge in [-0.2, -0.15) is 0 Å². The Kier molecular flexibility index (Phi) is 5.06. The van der Waals surface area contributed by atoms with Gasteiger partial charge < -0.3 is 14.2 Å². The molecule has 26 heavy (non-hydrogen) atoms. The van der Waals surface area contributed by atoms with Crippen molar-refractivity contribution in [2.45, 2.75) is 6.54 Å². The number of morpholine rings is 1. The molecule has 0 bridgehead atoms. The van der Waals surface area contributed by atoms with E-state index < -0.39 is 0 Å². The first-order valence-corrected chi connectivity index (χ1v) is 9.69. The number of nitrogens with zero attached hydrogens (tertiary/aromatic N) is 3. The number of carbonyl (C=O) groups excluding carboxylic acids is 1. The number of aromatic nitrogens is 2. The highest BCUT2D eigenvalue weighted by Gasteiger charge is 2.19. The number of thiazole rings is 1. The molecule has 0 radical (unpaired) electrons. The minimum absolute atomic E-state index is 0.111. The fourth-order valence-corrected chi connectivity index (χ4v) is 3.94. The van der Waals surface area contributed by atoms with Gasteiger partial charge in [0.2, 0.25) is 5.91 Å². The third-order valence-electron chi connectivity index (χ3n) is 4.36. The monoisotopic (exact) mass is 387 g/mol. The van der Waals surface area contributed by atoms with Gasteiger partial charge >= 0.3 is 0 Å². The lowest BCUT2D eigenvalue weighted by atomic mass is 10.2. The van der Waals surface area contributed by atoms with Crippen LogP contribution in [0.25, 0.3) is 22.0 Å². The van der Waals surface area contributed by atoms with E-state index in [0.29, 0.717) is 37.9 Å². The van der Waals surface area contributed by atoms with Crippen LogP contribution in [0.5, 0.6) is 0 Å². The smallest absolute Gasteiger partial charge is 0.242 e. The number of rotatable bonds is 4. The van der Waals surface area contributed by atoms with Gasteiger partial charge in [-0.3, -0.25) is 4.79 Å². The number of benzene rings is 1. The van der Waals surface area contributed by atoms with Crippen molar-refractivity contribution in [1.82, 2.24) is 14.5 Å². The van der Waals surface area contributed by atoms with Crippen molar-refractivity contribution < 1.29 is 9.53 Å². The lowest BCUT2D eigenvalue weighted by molar-refractivity contribution is -0.135. The Morgan fingerprint density at radius 3 is 2.73 bits per heavy atom. The van der Waals surface area contributed by atoms with Crippen LogP contribution in [0.3, 0.4) is 0 Å². The molecule has 5 nitrogen and oxygen atoms in total. The molecule has 2 aromatic heterocycles. The minimum Gasteiger partial charge on any atom is -0.378 e. The number of halogens is 1. The number of amides is 1. The standard InChI is InChI=1S/C19H18ClN3O2S/c20-15-5-3-14(4-6-15)16-13-26-19(21-16)17-2-1-7-23(17)12-18(24)22-8-10-25-11-9-22/h1-7,13H,8-12H2. The molecule has 0 atom stereocenters. The molecule has 0 spiro atoms. The van der Waals surface area contributed by atoms with Crippen LogP contribution in [0, 0.1) is 0 Å². The first-order valence-electron chi connectivity index (χ1n) is 8.43. The van der Waals surface area contributed by atoms with E-state index >= 15 is 0 Å². The topological polar surface area (TPSA) is 47.4 Å². The summed E-state index contributed by atoms with van der Waals surface area (Å²) in [6.45, 7) is 2.86. The molecule has 0 saturated carbocycles. The van der Waals surface area contributed by atoms with E-state index in [1.807, 2.05) is 57.4 Å². The normalized spacial score (nSPS) is 14.6. The van der Waals surface area contributed by atoms with E-state index in [4.69, 9.17) is 21.3 Å². The van der Waals surface area contributed by atoms with Crippen molar-refractivity contribution >= 4 is 28.8 Å². The molecule has 134 valence electrons. The van der Waals surface area contributed by atoms with Crippen LogP contribution in [0.15, 0.2) is 48.0 Å². The highest BCUT2D eigenvalue weighted by molar-refractivity contribution is 7.13. The first-order chi connectivity index (χ1) is 12.7. The van der Waals surface area contributed by atoms with Crippen LogP contribution in [-0.2, 0) is 16.1 Å². The number of ether oxygens (including phenoxy) is 1. The highest BCUT2D eigenvalue weighted by atomic mass is 35.5. The zero-order valence-electron chi connectivity index (χ0n) is 14.1. The van der Waals surface area contributed by atoms with Crippen molar-refractivity contribution in [3.63, 3.8) is 0 Å². The molecule has 1 saturated heterocycles. The molecular formula is C19H18ClN3O2S. The summed E-state index contributed by atoms with van der Waals surface area (Å²) >= 11 is 7.53. The predicted octanol–water partition coefficient (Wildman–Crippen LogP) is 3.79. The largest absolute Gasteiger partial charge is 0.378 e. The predicted molar refractivity (Wildman–Crippen MR) is 103 cm³/mol. The van der Waals surface area contributed by atoms with Crippen molar-refractivity contribution in [2.75, 3.05) is 26.3 Å². The molecule has 7 heteroatoms. The average molecular weight is 388 g/mol. The zero-order valence-corrected chi connectivity index (χ0v) is 15.7. The lowest BCUT2D eigenvalue weighted by Gasteiger charge is -2.27. The second-order valence-electron chi connectivity index (χ2n) is 6.06. The van der Waals surface area contributed by atoms with E-state index in [1.54, 1.807) is 11.3 Å². The summed E-state index contributed by atoms with van der Waals surface area (Å²) < 4.78 is 7.27. The third kappa shape index (κ3) is 3.67. The third-order valence-corrected chi connectivity index (χ3v) is 5.48. The molecular weight excluding hydrogens is 370 g/mol. The summed E-state index contributed by atoms with van der Waals surface area (Å²) in [6, 6.07) is 11.6. The summed E-state index contributed by atoms with van der Waals surface area (Å²) in [5.74, 6) is 0.111. The van der Waals surface area contributed by atoms with Crippen LogP contribution in [0.4, 0.5) is 0 Å². The van der Waals surface area contributed by atoms with E-state index in [9.17, 15) is 4.79 Å². The maximum Gasteiger partial charge on any atom is 0.242 e. The molecule has 1 aliphatic rings. The summed E-state index contributed by atoms with van der Waals surface area (Å²) in [7, 11) is 0. The van der Waals surface area contributed by atoms with Gasteiger partial charge in [0.25, 0.3) is 0 Å². The van der Waals surface area contributed by atoms with Gasteiger partial charge in [-0.1, -0.05) is 23.7 Å². The van der Waals surface area contributed by atoms with Crippen LogP contribution >= 0.6 is 22.9 Å². The first kappa shape index (κ1) is 17.3. The zero-order chi connectivity index (χ0) is 17.9. The molecule has 1 amide bonds. The van der Waals surface area contributed by atoms with Crippen LogP contribution in [0.2, 0.25) is 5.02 Å². The van der Waals surface area contributed by atoms with Gasteiger partial charge in [0.1, 0.15) is 11.6 Å². The van der Waals surface area contributed by atoms with Crippen LogP contribution in [0.1, 0.15) is 0 Å². The van der Waals surface area contributed by atoms with E-state index in [2.05, 4.69) is 0 Å². The molecule has 1 aliphatic heterocycles. The van der Waals surface area contributed by atoms with E-state index in [-0.39, 0.29) is 5.91 Å². The summed E-state index contributed by atoms with van der Waals surface area (Å²) in [4.78, 5) is 19.1. The molecule has 1 fully saturated rings. The molecule has 1 aromatic carbocycles. The maximum absolute atomic E-state index is 12.5. The van der Waals surface area contributed by atoms with Crippen molar-refractivity contribution in [2.24, 2.45) is 0 Å². The second-order valence-corrected chi connectivity index (χ2v) is 7.35. The molecule has 4 rings (SSSR count). The van der Waals surface area contributed by atoms with Crippen molar-refractivity contribution in [1.29, 1.82) is 0 Å². The van der Waals surface area contributed by atoms with Crippen LogP contribution in [-0.4, -0.2) is 46.7 Å². The van der Waals surface area contributed by atoms with E-state index in [1.165, 1.54) is 0 Å². The summed E-state index contributed by atoms with van der Waals surface area (Å²) in [6.07, 6.45) is 1.93. The number of hydrogen-bond acceptors (Lipinski definition) is 4. The Bertz CT molecular complexity index is 898. The highest BCUT2D eigenvalue weighted by Crippen LogP contribution is 2.30. The Morgan fingerprint density at radius 2 is 1.96 bits per heavy atom. The number of carbonyl (C=O) groups is 1. The quantitative estimate of drug-likeness (QED) is 0.684. The molecule has 3 heterocycles. The summed E-state index contributed by atoms with van der Waals surface area (Å²) in [5, 5.41) is 3.63. The molecule has 0 N–H and O–H groups in total. The minimum atomic E-state index is 0.111. The van der Waals surface area contributed by atoms with Crippen molar-refractivity contribution in [3.05, 3.63) is 53.0 Å². The molecule has 0 unspecified atom stereocenters. The molecule has 0 aliphatic carbocycles.